The molecule has 1 aromatic heterocycles. The van der Waals surface area contributed by atoms with Crippen molar-refractivity contribution in [1.82, 2.24) is 10.1 Å². The Balaban J connectivity index is 2.07. The van der Waals surface area contributed by atoms with Crippen LogP contribution < -0.4 is 5.73 Å². The maximum Gasteiger partial charge on any atom is 0.258 e. The maximum absolute atomic E-state index is 5.55. The molecule has 102 valence electrons. The number of hydrogen-bond acceptors (Lipinski definition) is 5. The summed E-state index contributed by atoms with van der Waals surface area (Å²) in [6.45, 7) is 3.78. The summed E-state index contributed by atoms with van der Waals surface area (Å²) >= 11 is 0. The standard InChI is InChI=1S/C14H19N3O2/c1-2-8-18-10-13-16-14(19-17-13)12-5-3-4-11(9-12)6-7-15/h3-5,9H,2,6-8,10,15H2,1H3. The Kier molecular flexibility index (Phi) is 5.06. The van der Waals surface area contributed by atoms with Gasteiger partial charge in [0.25, 0.3) is 5.89 Å². The van der Waals surface area contributed by atoms with Gasteiger partial charge in [-0.25, -0.2) is 0 Å². The largest absolute Gasteiger partial charge is 0.373 e. The number of rotatable bonds is 7. The third-order valence-corrected chi connectivity index (χ3v) is 2.65. The van der Waals surface area contributed by atoms with Crippen LogP contribution in [0.25, 0.3) is 11.5 Å². The average molecular weight is 261 g/mol. The summed E-state index contributed by atoms with van der Waals surface area (Å²) in [6.07, 6.45) is 1.82. The van der Waals surface area contributed by atoms with Crippen molar-refractivity contribution in [2.45, 2.75) is 26.4 Å². The fourth-order valence-corrected chi connectivity index (χ4v) is 1.76. The molecule has 0 fully saturated rings. The van der Waals surface area contributed by atoms with Crippen LogP contribution in [-0.4, -0.2) is 23.3 Å². The molecule has 5 nitrogen and oxygen atoms in total. The molecule has 2 rings (SSSR count). The second-order valence-corrected chi connectivity index (χ2v) is 4.31. The first-order valence-corrected chi connectivity index (χ1v) is 6.53. The minimum absolute atomic E-state index is 0.389. The van der Waals surface area contributed by atoms with Gasteiger partial charge in [-0.15, -0.1) is 0 Å². The van der Waals surface area contributed by atoms with E-state index in [2.05, 4.69) is 17.1 Å². The Morgan fingerprint density at radius 3 is 3.05 bits per heavy atom. The van der Waals surface area contributed by atoms with Crippen LogP contribution in [0.2, 0.25) is 0 Å². The van der Waals surface area contributed by atoms with Crippen molar-refractivity contribution in [3.05, 3.63) is 35.7 Å². The number of nitrogens with two attached hydrogens (primary N) is 1. The molecule has 0 spiro atoms. The van der Waals surface area contributed by atoms with E-state index in [-0.39, 0.29) is 0 Å². The SMILES string of the molecule is CCCOCc1noc(-c2cccc(CCN)c2)n1. The predicted octanol–water partition coefficient (Wildman–Crippen LogP) is 2.16. The Bertz CT molecular complexity index is 511. The summed E-state index contributed by atoms with van der Waals surface area (Å²) < 4.78 is 10.6. The minimum atomic E-state index is 0.389. The summed E-state index contributed by atoms with van der Waals surface area (Å²) in [5.41, 5.74) is 7.64. The lowest BCUT2D eigenvalue weighted by Crippen LogP contribution is -2.02. The first-order chi connectivity index (χ1) is 9.33. The lowest BCUT2D eigenvalue weighted by Gasteiger charge is -2.00. The third-order valence-electron chi connectivity index (χ3n) is 2.65. The molecule has 0 aliphatic heterocycles. The summed E-state index contributed by atoms with van der Waals surface area (Å²) in [7, 11) is 0. The molecule has 0 saturated heterocycles. The van der Waals surface area contributed by atoms with E-state index in [1.165, 1.54) is 5.56 Å². The van der Waals surface area contributed by atoms with E-state index in [9.17, 15) is 0 Å². The van der Waals surface area contributed by atoms with Gasteiger partial charge in [0.1, 0.15) is 6.61 Å². The van der Waals surface area contributed by atoms with Crippen molar-refractivity contribution < 1.29 is 9.26 Å². The Hall–Kier alpha value is -1.72. The smallest absolute Gasteiger partial charge is 0.258 e. The fraction of sp³-hybridized carbons (Fsp3) is 0.429. The normalized spacial score (nSPS) is 10.8. The molecular weight excluding hydrogens is 242 g/mol. The summed E-state index contributed by atoms with van der Waals surface area (Å²) in [5, 5.41) is 3.90. The van der Waals surface area contributed by atoms with Crippen LogP contribution in [0.3, 0.4) is 0 Å². The van der Waals surface area contributed by atoms with Crippen LogP contribution in [-0.2, 0) is 17.8 Å². The number of hydrogen-bond donors (Lipinski definition) is 1. The molecule has 2 aromatic rings. The fourth-order valence-electron chi connectivity index (χ4n) is 1.76. The average Bonchev–Trinajstić information content (AvgIpc) is 2.89. The summed E-state index contributed by atoms with van der Waals surface area (Å²) in [4.78, 5) is 4.32. The first kappa shape index (κ1) is 13.7. The molecule has 5 heteroatoms. The number of benzene rings is 1. The lowest BCUT2D eigenvalue weighted by atomic mass is 10.1. The van der Waals surface area contributed by atoms with E-state index in [1.807, 2.05) is 24.3 Å². The quantitative estimate of drug-likeness (QED) is 0.773. The van der Waals surface area contributed by atoms with Crippen LogP contribution in [0.15, 0.2) is 28.8 Å². The van der Waals surface area contributed by atoms with Crippen molar-refractivity contribution in [2.24, 2.45) is 5.73 Å². The van der Waals surface area contributed by atoms with E-state index in [1.54, 1.807) is 0 Å². The highest BCUT2D eigenvalue weighted by atomic mass is 16.5. The molecule has 0 saturated carbocycles. The first-order valence-electron chi connectivity index (χ1n) is 6.53. The second-order valence-electron chi connectivity index (χ2n) is 4.31. The molecule has 19 heavy (non-hydrogen) atoms. The van der Waals surface area contributed by atoms with Gasteiger partial charge in [-0.05, 0) is 37.1 Å². The Morgan fingerprint density at radius 2 is 2.26 bits per heavy atom. The minimum Gasteiger partial charge on any atom is -0.373 e. The highest BCUT2D eigenvalue weighted by Gasteiger charge is 2.09. The number of aromatic nitrogens is 2. The van der Waals surface area contributed by atoms with Gasteiger partial charge < -0.3 is 15.0 Å². The molecule has 2 N–H and O–H groups in total. The van der Waals surface area contributed by atoms with Gasteiger partial charge in [0.05, 0.1) is 0 Å². The highest BCUT2D eigenvalue weighted by molar-refractivity contribution is 5.54. The Labute approximate surface area is 112 Å². The van der Waals surface area contributed by atoms with Crippen molar-refractivity contribution >= 4 is 0 Å². The van der Waals surface area contributed by atoms with Crippen molar-refractivity contribution in [1.29, 1.82) is 0 Å². The van der Waals surface area contributed by atoms with Crippen LogP contribution in [0.4, 0.5) is 0 Å². The van der Waals surface area contributed by atoms with Gasteiger partial charge in [-0.3, -0.25) is 0 Å². The van der Waals surface area contributed by atoms with E-state index < -0.39 is 0 Å². The van der Waals surface area contributed by atoms with Crippen LogP contribution in [0, 0.1) is 0 Å². The molecule has 0 amide bonds. The molecule has 0 atom stereocenters. The monoisotopic (exact) mass is 261 g/mol. The van der Waals surface area contributed by atoms with Gasteiger partial charge in [0, 0.05) is 12.2 Å². The lowest BCUT2D eigenvalue weighted by molar-refractivity contribution is 0.114. The van der Waals surface area contributed by atoms with E-state index in [4.69, 9.17) is 15.0 Å². The molecule has 1 aromatic carbocycles. The number of nitrogens with zero attached hydrogens (tertiary/aromatic N) is 2. The predicted molar refractivity (Wildman–Crippen MR) is 72.4 cm³/mol. The van der Waals surface area contributed by atoms with Crippen LogP contribution in [0.1, 0.15) is 24.7 Å². The van der Waals surface area contributed by atoms with E-state index in [0.29, 0.717) is 31.5 Å². The zero-order valence-corrected chi connectivity index (χ0v) is 11.1. The second kappa shape index (κ2) is 7.01. The molecule has 0 bridgehead atoms. The van der Waals surface area contributed by atoms with Gasteiger partial charge in [-0.1, -0.05) is 24.2 Å². The molecule has 1 heterocycles. The maximum atomic E-state index is 5.55. The van der Waals surface area contributed by atoms with Gasteiger partial charge in [0.2, 0.25) is 0 Å². The number of ether oxygens (including phenoxy) is 1. The van der Waals surface area contributed by atoms with Gasteiger partial charge >= 0.3 is 0 Å². The van der Waals surface area contributed by atoms with Crippen LogP contribution in [0.5, 0.6) is 0 Å². The van der Waals surface area contributed by atoms with E-state index in [0.717, 1.165) is 18.4 Å². The molecular formula is C14H19N3O2. The van der Waals surface area contributed by atoms with E-state index >= 15 is 0 Å². The van der Waals surface area contributed by atoms with Crippen molar-refractivity contribution in [3.63, 3.8) is 0 Å². The highest BCUT2D eigenvalue weighted by Crippen LogP contribution is 2.18. The molecule has 0 aliphatic rings. The zero-order valence-electron chi connectivity index (χ0n) is 11.1. The third kappa shape index (κ3) is 3.87. The molecule has 0 radical (unpaired) electrons. The molecule has 0 unspecified atom stereocenters. The molecule has 0 aliphatic carbocycles. The van der Waals surface area contributed by atoms with Crippen LogP contribution >= 0.6 is 0 Å². The van der Waals surface area contributed by atoms with Crippen molar-refractivity contribution in [2.75, 3.05) is 13.2 Å². The summed E-state index contributed by atoms with van der Waals surface area (Å²) in [5.74, 6) is 1.10. The van der Waals surface area contributed by atoms with Gasteiger partial charge in [-0.2, -0.15) is 4.98 Å². The Morgan fingerprint density at radius 1 is 1.37 bits per heavy atom. The zero-order chi connectivity index (χ0) is 13.5. The summed E-state index contributed by atoms with van der Waals surface area (Å²) in [6, 6.07) is 7.98. The van der Waals surface area contributed by atoms with Gasteiger partial charge in [0.15, 0.2) is 5.82 Å². The topological polar surface area (TPSA) is 74.2 Å². The van der Waals surface area contributed by atoms with Crippen molar-refractivity contribution in [3.8, 4) is 11.5 Å².